The number of nitrogens with one attached hydrogen (secondary N) is 1. The van der Waals surface area contributed by atoms with E-state index in [-0.39, 0.29) is 0 Å². The minimum Gasteiger partial charge on any atom is -0.458 e. The summed E-state index contributed by atoms with van der Waals surface area (Å²) in [6.07, 6.45) is 3.04. The van der Waals surface area contributed by atoms with E-state index in [9.17, 15) is 0 Å². The quantitative estimate of drug-likeness (QED) is 0.784. The maximum absolute atomic E-state index is 5.69. The molecule has 16 heavy (non-hydrogen) atoms. The van der Waals surface area contributed by atoms with Crippen LogP contribution in [-0.2, 0) is 13.6 Å². The maximum atomic E-state index is 5.69. The van der Waals surface area contributed by atoms with E-state index in [0.29, 0.717) is 0 Å². The zero-order valence-electron chi connectivity index (χ0n) is 9.73. The van der Waals surface area contributed by atoms with E-state index < -0.39 is 0 Å². The SMILES string of the molecule is CCCNCc1ccc(-c2ccn(C)n2)o1. The van der Waals surface area contributed by atoms with Gasteiger partial charge in [0, 0.05) is 13.2 Å². The topological polar surface area (TPSA) is 43.0 Å². The van der Waals surface area contributed by atoms with Crippen LogP contribution < -0.4 is 5.32 Å². The van der Waals surface area contributed by atoms with Gasteiger partial charge in [0.15, 0.2) is 5.76 Å². The number of rotatable bonds is 5. The molecule has 0 fully saturated rings. The van der Waals surface area contributed by atoms with Crippen LogP contribution in [0.1, 0.15) is 19.1 Å². The fourth-order valence-corrected chi connectivity index (χ4v) is 1.55. The van der Waals surface area contributed by atoms with Gasteiger partial charge in [-0.2, -0.15) is 5.10 Å². The highest BCUT2D eigenvalue weighted by Crippen LogP contribution is 2.19. The van der Waals surface area contributed by atoms with Crippen molar-refractivity contribution in [2.45, 2.75) is 19.9 Å². The first-order chi connectivity index (χ1) is 7.79. The number of hydrogen-bond donors (Lipinski definition) is 1. The number of nitrogens with zero attached hydrogens (tertiary/aromatic N) is 2. The molecular formula is C12H17N3O. The summed E-state index contributed by atoms with van der Waals surface area (Å²) in [5.74, 6) is 1.78. The standard InChI is InChI=1S/C12H17N3O/c1-3-7-13-9-10-4-5-12(16-10)11-6-8-15(2)14-11/h4-6,8,13H,3,7,9H2,1-2H3. The Balaban J connectivity index is 2.02. The Labute approximate surface area is 95.3 Å². The van der Waals surface area contributed by atoms with Crippen molar-refractivity contribution < 1.29 is 4.42 Å². The van der Waals surface area contributed by atoms with Crippen molar-refractivity contribution in [2.75, 3.05) is 6.54 Å². The van der Waals surface area contributed by atoms with Crippen LogP contribution >= 0.6 is 0 Å². The predicted molar refractivity (Wildman–Crippen MR) is 62.9 cm³/mol. The Bertz CT molecular complexity index is 445. The van der Waals surface area contributed by atoms with Gasteiger partial charge in [0.2, 0.25) is 0 Å². The van der Waals surface area contributed by atoms with E-state index in [1.807, 2.05) is 31.4 Å². The zero-order valence-corrected chi connectivity index (χ0v) is 9.73. The molecule has 0 saturated heterocycles. The molecule has 2 heterocycles. The molecule has 0 saturated carbocycles. The molecule has 4 nitrogen and oxygen atoms in total. The van der Waals surface area contributed by atoms with Gasteiger partial charge in [0.1, 0.15) is 11.5 Å². The average molecular weight is 219 g/mol. The first-order valence-corrected chi connectivity index (χ1v) is 5.59. The van der Waals surface area contributed by atoms with Gasteiger partial charge < -0.3 is 9.73 Å². The van der Waals surface area contributed by atoms with Crippen LogP contribution in [0.2, 0.25) is 0 Å². The van der Waals surface area contributed by atoms with Gasteiger partial charge in [-0.25, -0.2) is 0 Å². The Morgan fingerprint density at radius 3 is 2.94 bits per heavy atom. The summed E-state index contributed by atoms with van der Waals surface area (Å²) in [5, 5.41) is 7.60. The molecule has 0 bridgehead atoms. The lowest BCUT2D eigenvalue weighted by Gasteiger charge is -1.98. The largest absolute Gasteiger partial charge is 0.458 e. The highest BCUT2D eigenvalue weighted by atomic mass is 16.3. The Hall–Kier alpha value is -1.55. The van der Waals surface area contributed by atoms with Crippen molar-refractivity contribution in [3.63, 3.8) is 0 Å². The van der Waals surface area contributed by atoms with Gasteiger partial charge in [-0.3, -0.25) is 4.68 Å². The molecule has 0 aliphatic rings. The molecule has 0 radical (unpaired) electrons. The number of furan rings is 1. The fourth-order valence-electron chi connectivity index (χ4n) is 1.55. The molecule has 0 atom stereocenters. The lowest BCUT2D eigenvalue weighted by molar-refractivity contribution is 0.491. The molecule has 86 valence electrons. The molecule has 2 aromatic rings. The van der Waals surface area contributed by atoms with Gasteiger partial charge in [-0.05, 0) is 31.2 Å². The summed E-state index contributed by atoms with van der Waals surface area (Å²) >= 11 is 0. The third-order valence-electron chi connectivity index (χ3n) is 2.35. The normalized spacial score (nSPS) is 10.9. The highest BCUT2D eigenvalue weighted by Gasteiger charge is 2.06. The summed E-state index contributed by atoms with van der Waals surface area (Å²) in [7, 11) is 1.90. The lowest BCUT2D eigenvalue weighted by atomic mass is 10.3. The molecule has 0 spiro atoms. The molecule has 1 N–H and O–H groups in total. The predicted octanol–water partition coefficient (Wildman–Crippen LogP) is 2.18. The minimum atomic E-state index is 0.778. The molecule has 0 unspecified atom stereocenters. The minimum absolute atomic E-state index is 0.778. The monoisotopic (exact) mass is 219 g/mol. The summed E-state index contributed by atoms with van der Waals surface area (Å²) in [4.78, 5) is 0. The Morgan fingerprint density at radius 1 is 1.38 bits per heavy atom. The van der Waals surface area contributed by atoms with E-state index in [2.05, 4.69) is 17.3 Å². The van der Waals surface area contributed by atoms with E-state index >= 15 is 0 Å². The fraction of sp³-hybridized carbons (Fsp3) is 0.417. The van der Waals surface area contributed by atoms with Crippen LogP contribution in [0.5, 0.6) is 0 Å². The number of aryl methyl sites for hydroxylation is 1. The smallest absolute Gasteiger partial charge is 0.154 e. The van der Waals surface area contributed by atoms with Crippen LogP contribution in [0.4, 0.5) is 0 Å². The summed E-state index contributed by atoms with van der Waals surface area (Å²) in [6, 6.07) is 5.90. The van der Waals surface area contributed by atoms with Gasteiger partial charge >= 0.3 is 0 Å². The van der Waals surface area contributed by atoms with Crippen molar-refractivity contribution >= 4 is 0 Å². The molecule has 0 aliphatic carbocycles. The number of aromatic nitrogens is 2. The summed E-state index contributed by atoms with van der Waals surface area (Å²) in [5.41, 5.74) is 0.879. The molecule has 0 aromatic carbocycles. The van der Waals surface area contributed by atoms with E-state index in [4.69, 9.17) is 4.42 Å². The lowest BCUT2D eigenvalue weighted by Crippen LogP contribution is -2.12. The second-order valence-corrected chi connectivity index (χ2v) is 3.82. The third-order valence-corrected chi connectivity index (χ3v) is 2.35. The second kappa shape index (κ2) is 4.99. The molecular weight excluding hydrogens is 202 g/mol. The van der Waals surface area contributed by atoms with Crippen LogP contribution in [0.25, 0.3) is 11.5 Å². The Morgan fingerprint density at radius 2 is 2.25 bits per heavy atom. The van der Waals surface area contributed by atoms with Crippen molar-refractivity contribution in [1.29, 1.82) is 0 Å². The van der Waals surface area contributed by atoms with Crippen molar-refractivity contribution in [1.82, 2.24) is 15.1 Å². The maximum Gasteiger partial charge on any atom is 0.154 e. The van der Waals surface area contributed by atoms with Crippen LogP contribution in [0, 0.1) is 0 Å². The molecule has 2 aromatic heterocycles. The van der Waals surface area contributed by atoms with E-state index in [1.165, 1.54) is 0 Å². The van der Waals surface area contributed by atoms with E-state index in [1.54, 1.807) is 4.68 Å². The molecule has 2 rings (SSSR count). The summed E-state index contributed by atoms with van der Waals surface area (Å²) in [6.45, 7) is 3.94. The van der Waals surface area contributed by atoms with Crippen molar-refractivity contribution in [3.8, 4) is 11.5 Å². The summed E-state index contributed by atoms with van der Waals surface area (Å²) < 4.78 is 7.46. The number of hydrogen-bond acceptors (Lipinski definition) is 3. The van der Waals surface area contributed by atoms with Gasteiger partial charge in [0.25, 0.3) is 0 Å². The van der Waals surface area contributed by atoms with E-state index in [0.717, 1.165) is 36.7 Å². The average Bonchev–Trinajstić information content (AvgIpc) is 2.87. The van der Waals surface area contributed by atoms with Crippen molar-refractivity contribution in [2.24, 2.45) is 7.05 Å². The van der Waals surface area contributed by atoms with Crippen LogP contribution in [0.3, 0.4) is 0 Å². The van der Waals surface area contributed by atoms with Gasteiger partial charge in [-0.15, -0.1) is 0 Å². The van der Waals surface area contributed by atoms with Gasteiger partial charge in [-0.1, -0.05) is 6.92 Å². The molecule has 0 aliphatic heterocycles. The molecule has 0 amide bonds. The highest BCUT2D eigenvalue weighted by molar-refractivity contribution is 5.51. The Kier molecular flexibility index (Phi) is 3.41. The third kappa shape index (κ3) is 2.52. The van der Waals surface area contributed by atoms with Crippen molar-refractivity contribution in [3.05, 3.63) is 30.2 Å². The first-order valence-electron chi connectivity index (χ1n) is 5.59. The first kappa shape index (κ1) is 11.0. The van der Waals surface area contributed by atoms with Gasteiger partial charge in [0.05, 0.1) is 6.54 Å². The zero-order chi connectivity index (χ0) is 11.4. The van der Waals surface area contributed by atoms with Crippen LogP contribution in [-0.4, -0.2) is 16.3 Å². The van der Waals surface area contributed by atoms with Crippen LogP contribution in [0.15, 0.2) is 28.8 Å². The second-order valence-electron chi connectivity index (χ2n) is 3.82. The molecule has 4 heteroatoms.